The summed E-state index contributed by atoms with van der Waals surface area (Å²) in [6.07, 6.45) is 1.75. The molecule has 0 bridgehead atoms. The maximum atomic E-state index is 11.7. The van der Waals surface area contributed by atoms with E-state index in [2.05, 4.69) is 15.3 Å². The molecule has 2 heterocycles. The maximum Gasteiger partial charge on any atom is 0.226 e. The molecule has 1 aromatic heterocycles. The molecule has 1 aliphatic rings. The van der Waals surface area contributed by atoms with Gasteiger partial charge in [0.15, 0.2) is 0 Å². The number of aromatic nitrogens is 2. The first-order chi connectivity index (χ1) is 8.06. The second-order valence-electron chi connectivity index (χ2n) is 4.76. The van der Waals surface area contributed by atoms with Crippen LogP contribution in [0.5, 0.6) is 0 Å². The summed E-state index contributed by atoms with van der Waals surface area (Å²) in [4.78, 5) is 22.3. The van der Waals surface area contributed by atoms with E-state index in [1.165, 1.54) is 0 Å². The van der Waals surface area contributed by atoms with Gasteiger partial charge in [-0.1, -0.05) is 0 Å². The first-order valence-electron chi connectivity index (χ1n) is 5.91. The van der Waals surface area contributed by atoms with Crippen LogP contribution in [0.25, 0.3) is 0 Å². The molecule has 2 rings (SSSR count). The van der Waals surface area contributed by atoms with Crippen LogP contribution in [-0.4, -0.2) is 35.0 Å². The average molecular weight is 234 g/mol. The van der Waals surface area contributed by atoms with E-state index in [1.807, 2.05) is 31.7 Å². The number of anilines is 1. The van der Waals surface area contributed by atoms with Gasteiger partial charge in [0, 0.05) is 31.0 Å². The van der Waals surface area contributed by atoms with Crippen molar-refractivity contribution in [2.75, 3.05) is 18.0 Å². The number of hydrogen-bond acceptors (Lipinski definition) is 4. The summed E-state index contributed by atoms with van der Waals surface area (Å²) in [5.74, 6) is 0.920. The van der Waals surface area contributed by atoms with E-state index in [0.717, 1.165) is 11.6 Å². The maximum absolute atomic E-state index is 11.7. The number of nitrogens with one attached hydrogen (secondary N) is 1. The van der Waals surface area contributed by atoms with Gasteiger partial charge in [0.05, 0.1) is 5.92 Å². The number of aryl methyl sites for hydroxylation is 1. The lowest BCUT2D eigenvalue weighted by Gasteiger charge is -2.38. The van der Waals surface area contributed by atoms with Crippen molar-refractivity contribution in [3.63, 3.8) is 0 Å². The highest BCUT2D eigenvalue weighted by molar-refractivity contribution is 5.81. The lowest BCUT2D eigenvalue weighted by Crippen LogP contribution is -2.55. The highest BCUT2D eigenvalue weighted by atomic mass is 16.2. The zero-order valence-corrected chi connectivity index (χ0v) is 10.5. The molecule has 1 saturated heterocycles. The molecule has 0 aromatic carbocycles. The summed E-state index contributed by atoms with van der Waals surface area (Å²) in [6.45, 7) is 7.30. The Labute approximate surface area is 101 Å². The molecule has 1 N–H and O–H groups in total. The minimum absolute atomic E-state index is 0.0708. The monoisotopic (exact) mass is 234 g/mol. The van der Waals surface area contributed by atoms with Crippen molar-refractivity contribution in [1.29, 1.82) is 0 Å². The SMILES string of the molecule is Cc1ccnc(N2CC(C(=O)NC(C)C)C2)n1. The minimum Gasteiger partial charge on any atom is -0.354 e. The molecular formula is C12H18N4O. The van der Waals surface area contributed by atoms with E-state index < -0.39 is 0 Å². The molecule has 1 amide bonds. The standard InChI is InChI=1S/C12H18N4O/c1-8(2)14-11(17)10-6-16(7-10)12-13-5-4-9(3)15-12/h4-5,8,10H,6-7H2,1-3H3,(H,14,17). The van der Waals surface area contributed by atoms with Crippen LogP contribution in [0.3, 0.4) is 0 Å². The predicted molar refractivity (Wildman–Crippen MR) is 65.8 cm³/mol. The molecule has 0 spiro atoms. The summed E-state index contributed by atoms with van der Waals surface area (Å²) >= 11 is 0. The Morgan fingerprint density at radius 3 is 2.82 bits per heavy atom. The number of carbonyl (C=O) groups excluding carboxylic acids is 1. The molecule has 1 aromatic rings. The number of hydrogen-bond donors (Lipinski definition) is 1. The molecule has 17 heavy (non-hydrogen) atoms. The van der Waals surface area contributed by atoms with Gasteiger partial charge in [-0.05, 0) is 26.8 Å². The summed E-state index contributed by atoms with van der Waals surface area (Å²) < 4.78 is 0. The van der Waals surface area contributed by atoms with Crippen LogP contribution in [0.4, 0.5) is 5.95 Å². The summed E-state index contributed by atoms with van der Waals surface area (Å²) in [5.41, 5.74) is 0.949. The molecule has 0 radical (unpaired) electrons. The highest BCUT2D eigenvalue weighted by Crippen LogP contribution is 2.21. The van der Waals surface area contributed by atoms with Crippen LogP contribution in [0.15, 0.2) is 12.3 Å². The smallest absolute Gasteiger partial charge is 0.226 e. The van der Waals surface area contributed by atoms with Gasteiger partial charge in [-0.15, -0.1) is 0 Å². The van der Waals surface area contributed by atoms with Gasteiger partial charge < -0.3 is 10.2 Å². The molecule has 0 atom stereocenters. The van der Waals surface area contributed by atoms with E-state index in [-0.39, 0.29) is 17.9 Å². The third kappa shape index (κ3) is 2.72. The Kier molecular flexibility index (Phi) is 3.26. The summed E-state index contributed by atoms with van der Waals surface area (Å²) in [5, 5.41) is 2.92. The lowest BCUT2D eigenvalue weighted by atomic mass is 9.99. The number of nitrogens with zero attached hydrogens (tertiary/aromatic N) is 3. The van der Waals surface area contributed by atoms with Crippen molar-refractivity contribution in [1.82, 2.24) is 15.3 Å². The van der Waals surface area contributed by atoms with Crippen LogP contribution in [-0.2, 0) is 4.79 Å². The third-order valence-electron chi connectivity index (χ3n) is 2.75. The fraction of sp³-hybridized carbons (Fsp3) is 0.583. The van der Waals surface area contributed by atoms with Crippen molar-refractivity contribution < 1.29 is 4.79 Å². The first kappa shape index (κ1) is 11.8. The zero-order valence-electron chi connectivity index (χ0n) is 10.5. The second-order valence-corrected chi connectivity index (χ2v) is 4.76. The quantitative estimate of drug-likeness (QED) is 0.838. The fourth-order valence-corrected chi connectivity index (χ4v) is 1.80. The van der Waals surface area contributed by atoms with E-state index in [0.29, 0.717) is 13.1 Å². The molecule has 0 unspecified atom stereocenters. The van der Waals surface area contributed by atoms with E-state index in [9.17, 15) is 4.79 Å². The van der Waals surface area contributed by atoms with Gasteiger partial charge in [-0.3, -0.25) is 4.79 Å². The molecule has 0 aliphatic carbocycles. The molecule has 92 valence electrons. The van der Waals surface area contributed by atoms with E-state index in [1.54, 1.807) is 6.20 Å². The Bertz CT molecular complexity index is 413. The third-order valence-corrected chi connectivity index (χ3v) is 2.75. The second kappa shape index (κ2) is 4.69. The molecular weight excluding hydrogens is 216 g/mol. The van der Waals surface area contributed by atoms with Crippen molar-refractivity contribution in [2.45, 2.75) is 26.8 Å². The van der Waals surface area contributed by atoms with Crippen molar-refractivity contribution in [3.05, 3.63) is 18.0 Å². The van der Waals surface area contributed by atoms with Crippen molar-refractivity contribution >= 4 is 11.9 Å². The number of carbonyl (C=O) groups is 1. The first-order valence-corrected chi connectivity index (χ1v) is 5.91. The minimum atomic E-state index is 0.0708. The fourth-order valence-electron chi connectivity index (χ4n) is 1.80. The van der Waals surface area contributed by atoms with Crippen LogP contribution < -0.4 is 10.2 Å². The topological polar surface area (TPSA) is 58.1 Å². The Morgan fingerprint density at radius 1 is 1.53 bits per heavy atom. The molecule has 5 heteroatoms. The van der Waals surface area contributed by atoms with Gasteiger partial charge in [-0.25, -0.2) is 9.97 Å². The van der Waals surface area contributed by atoms with Crippen molar-refractivity contribution in [3.8, 4) is 0 Å². The zero-order chi connectivity index (χ0) is 12.4. The lowest BCUT2D eigenvalue weighted by molar-refractivity contribution is -0.126. The predicted octanol–water partition coefficient (Wildman–Crippen LogP) is 0.746. The van der Waals surface area contributed by atoms with Gasteiger partial charge in [0.2, 0.25) is 11.9 Å². The van der Waals surface area contributed by atoms with E-state index >= 15 is 0 Å². The largest absolute Gasteiger partial charge is 0.354 e. The van der Waals surface area contributed by atoms with Crippen molar-refractivity contribution in [2.24, 2.45) is 5.92 Å². The van der Waals surface area contributed by atoms with Crippen LogP contribution in [0.1, 0.15) is 19.5 Å². The van der Waals surface area contributed by atoms with Crippen LogP contribution >= 0.6 is 0 Å². The molecule has 5 nitrogen and oxygen atoms in total. The number of amides is 1. The van der Waals surface area contributed by atoms with E-state index in [4.69, 9.17) is 0 Å². The summed E-state index contributed by atoms with van der Waals surface area (Å²) in [6, 6.07) is 2.07. The average Bonchev–Trinajstić information content (AvgIpc) is 2.13. The highest BCUT2D eigenvalue weighted by Gasteiger charge is 2.34. The summed E-state index contributed by atoms with van der Waals surface area (Å²) in [7, 11) is 0. The molecule has 1 aliphatic heterocycles. The van der Waals surface area contributed by atoms with Crippen LogP contribution in [0, 0.1) is 12.8 Å². The molecule has 1 fully saturated rings. The van der Waals surface area contributed by atoms with Gasteiger partial charge in [-0.2, -0.15) is 0 Å². The normalized spacial score (nSPS) is 15.9. The Balaban J connectivity index is 1.88. The van der Waals surface area contributed by atoms with Crippen LogP contribution in [0.2, 0.25) is 0 Å². The number of rotatable bonds is 3. The molecule has 0 saturated carbocycles. The Hall–Kier alpha value is -1.65. The van der Waals surface area contributed by atoms with Gasteiger partial charge in [0.1, 0.15) is 0 Å². The van der Waals surface area contributed by atoms with Gasteiger partial charge in [0.25, 0.3) is 0 Å². The Morgan fingerprint density at radius 2 is 2.24 bits per heavy atom. The van der Waals surface area contributed by atoms with Gasteiger partial charge >= 0.3 is 0 Å².